The van der Waals surface area contributed by atoms with Gasteiger partial charge in [-0.3, -0.25) is 24.6 Å². The summed E-state index contributed by atoms with van der Waals surface area (Å²) >= 11 is 6.77. The van der Waals surface area contributed by atoms with E-state index in [-0.39, 0.29) is 16.8 Å². The van der Waals surface area contributed by atoms with Gasteiger partial charge >= 0.3 is 5.00 Å². The molecular weight excluding hydrogens is 540 g/mol. The maximum atomic E-state index is 11.0. The summed E-state index contributed by atoms with van der Waals surface area (Å²) < 4.78 is 0. The molecule has 1 aromatic heterocycles. The number of benzene rings is 2. The van der Waals surface area contributed by atoms with Gasteiger partial charge in [0.25, 0.3) is 0 Å². The molecule has 0 aliphatic carbocycles. The molecule has 0 spiro atoms. The molecule has 1 saturated heterocycles. The normalized spacial score (nSPS) is 13.3. The minimum atomic E-state index is -0.396. The molecule has 10 nitrogen and oxygen atoms in total. The van der Waals surface area contributed by atoms with Crippen molar-refractivity contribution in [3.05, 3.63) is 87.1 Å². The number of hydrogen-bond donors (Lipinski definition) is 2. The summed E-state index contributed by atoms with van der Waals surface area (Å²) in [4.78, 5) is 40.6. The van der Waals surface area contributed by atoms with Crippen molar-refractivity contribution in [2.24, 2.45) is 0 Å². The van der Waals surface area contributed by atoms with E-state index in [2.05, 4.69) is 37.6 Å². The van der Waals surface area contributed by atoms with Gasteiger partial charge in [0.05, 0.1) is 4.92 Å². The molecule has 2 heterocycles. The Bertz CT molecular complexity index is 1230. The fourth-order valence-corrected chi connectivity index (χ4v) is 4.77. The zero-order valence-corrected chi connectivity index (χ0v) is 23.6. The number of nitrogens with one attached hydrogen (secondary N) is 2. The highest BCUT2D eigenvalue weighted by Crippen LogP contribution is 2.29. The van der Waals surface area contributed by atoms with E-state index in [9.17, 15) is 19.7 Å². The molecule has 1 fully saturated rings. The van der Waals surface area contributed by atoms with Crippen LogP contribution in [0.25, 0.3) is 0 Å². The Morgan fingerprint density at radius 1 is 0.897 bits per heavy atom. The summed E-state index contributed by atoms with van der Waals surface area (Å²) in [5.74, 6) is 0.486. The van der Waals surface area contributed by atoms with E-state index in [1.165, 1.54) is 25.6 Å². The van der Waals surface area contributed by atoms with Gasteiger partial charge in [0.2, 0.25) is 11.8 Å². The van der Waals surface area contributed by atoms with Gasteiger partial charge < -0.3 is 15.5 Å². The SMILES string of the molecule is CC(=O)NCc1ccc(CCl)cc1.CC(=O)NCc1ccc(CN2CCN(c3ncc([N+](=O)[O-])s3)CC2)cc1. The largest absolute Gasteiger partial charge is 0.352 e. The number of anilines is 1. The van der Waals surface area contributed by atoms with Crippen LogP contribution in [0.15, 0.2) is 54.7 Å². The van der Waals surface area contributed by atoms with E-state index in [1.807, 2.05) is 36.4 Å². The van der Waals surface area contributed by atoms with E-state index >= 15 is 0 Å². The monoisotopic (exact) mass is 572 g/mol. The molecule has 0 bridgehead atoms. The first-order valence-electron chi connectivity index (χ1n) is 12.5. The predicted molar refractivity (Wildman–Crippen MR) is 154 cm³/mol. The number of alkyl halides is 1. The lowest BCUT2D eigenvalue weighted by Gasteiger charge is -2.34. The number of hydrogen-bond acceptors (Lipinski definition) is 8. The van der Waals surface area contributed by atoms with E-state index in [1.54, 1.807) is 0 Å². The van der Waals surface area contributed by atoms with Gasteiger partial charge in [-0.1, -0.05) is 48.5 Å². The second-order valence-corrected chi connectivity index (χ2v) is 10.3. The highest BCUT2D eigenvalue weighted by atomic mass is 35.5. The van der Waals surface area contributed by atoms with Crippen molar-refractivity contribution in [2.75, 3.05) is 31.1 Å². The average molecular weight is 573 g/mol. The molecule has 2 N–H and O–H groups in total. The smallest absolute Gasteiger partial charge is 0.345 e. The minimum Gasteiger partial charge on any atom is -0.352 e. The quantitative estimate of drug-likeness (QED) is 0.225. The number of aromatic nitrogens is 1. The lowest BCUT2D eigenvalue weighted by Crippen LogP contribution is -2.45. The Labute approximate surface area is 237 Å². The molecule has 3 aromatic rings. The van der Waals surface area contributed by atoms with E-state index in [4.69, 9.17) is 11.6 Å². The van der Waals surface area contributed by atoms with Crippen molar-refractivity contribution in [3.8, 4) is 0 Å². The van der Waals surface area contributed by atoms with Gasteiger partial charge in [0.15, 0.2) is 5.13 Å². The lowest BCUT2D eigenvalue weighted by atomic mass is 10.1. The maximum absolute atomic E-state index is 11.0. The van der Waals surface area contributed by atoms with Gasteiger partial charge in [-0.2, -0.15) is 0 Å². The van der Waals surface area contributed by atoms with Crippen LogP contribution in [-0.2, 0) is 35.1 Å². The van der Waals surface area contributed by atoms with Gasteiger partial charge in [-0.15, -0.1) is 11.6 Å². The average Bonchev–Trinajstić information content (AvgIpc) is 3.43. The van der Waals surface area contributed by atoms with Crippen molar-refractivity contribution in [3.63, 3.8) is 0 Å². The summed E-state index contributed by atoms with van der Waals surface area (Å²) in [5, 5.41) is 17.1. The van der Waals surface area contributed by atoms with Crippen molar-refractivity contribution in [1.29, 1.82) is 0 Å². The van der Waals surface area contributed by atoms with Crippen LogP contribution in [0.3, 0.4) is 0 Å². The number of halogens is 1. The predicted octanol–water partition coefficient (Wildman–Crippen LogP) is 4.07. The standard InChI is InChI=1S/C17H21N5O3S.C10H12ClNO/c1-13(23)18-10-14-2-4-15(5-3-14)12-20-6-8-21(9-7-20)17-19-11-16(26-17)22(24)25;1-8(13)12-7-10-4-2-9(6-11)3-5-10/h2-5,11H,6-10,12H2,1H3,(H,18,23);2-5H,6-7H2,1H3,(H,12,13). The summed E-state index contributed by atoms with van der Waals surface area (Å²) in [6, 6.07) is 16.1. The maximum Gasteiger partial charge on any atom is 0.345 e. The number of rotatable bonds is 9. The molecular formula is C27H33ClN6O4S. The Morgan fingerprint density at radius 2 is 1.38 bits per heavy atom. The first kappa shape index (κ1) is 30.0. The molecule has 2 aromatic carbocycles. The molecule has 2 amide bonds. The van der Waals surface area contributed by atoms with Crippen molar-refractivity contribution >= 4 is 44.9 Å². The molecule has 0 unspecified atom stereocenters. The van der Waals surface area contributed by atoms with Crippen molar-refractivity contribution in [1.82, 2.24) is 20.5 Å². The molecule has 1 aliphatic rings. The third-order valence-electron chi connectivity index (χ3n) is 5.99. The van der Waals surface area contributed by atoms with Crippen LogP contribution in [0, 0.1) is 10.1 Å². The molecule has 0 radical (unpaired) electrons. The highest BCUT2D eigenvalue weighted by molar-refractivity contribution is 7.18. The first-order chi connectivity index (χ1) is 18.7. The zero-order valence-electron chi connectivity index (χ0n) is 22.1. The van der Waals surface area contributed by atoms with Crippen LogP contribution < -0.4 is 15.5 Å². The topological polar surface area (TPSA) is 121 Å². The number of amides is 2. The van der Waals surface area contributed by atoms with Gasteiger partial charge in [-0.25, -0.2) is 4.98 Å². The molecule has 4 rings (SSSR count). The first-order valence-corrected chi connectivity index (χ1v) is 13.9. The van der Waals surface area contributed by atoms with E-state index in [0.717, 1.165) is 65.9 Å². The minimum absolute atomic E-state index is 0.0126. The molecule has 1 aliphatic heterocycles. The fraction of sp³-hybridized carbons (Fsp3) is 0.370. The van der Waals surface area contributed by atoms with Gasteiger partial charge in [0, 0.05) is 65.5 Å². The van der Waals surface area contributed by atoms with Crippen LogP contribution in [0.4, 0.5) is 10.1 Å². The second-order valence-electron chi connectivity index (χ2n) is 9.09. The lowest BCUT2D eigenvalue weighted by molar-refractivity contribution is -0.380. The Balaban J connectivity index is 0.000000272. The molecule has 12 heteroatoms. The summed E-state index contributed by atoms with van der Waals surface area (Å²) in [7, 11) is 0. The van der Waals surface area contributed by atoms with Crippen molar-refractivity contribution in [2.45, 2.75) is 39.4 Å². The molecule has 0 atom stereocenters. The fourth-order valence-electron chi connectivity index (χ4n) is 3.80. The Kier molecular flexibility index (Phi) is 11.7. The molecule has 0 saturated carbocycles. The van der Waals surface area contributed by atoms with Crippen LogP contribution in [0.1, 0.15) is 36.1 Å². The van der Waals surface area contributed by atoms with Gasteiger partial charge in [0.1, 0.15) is 6.20 Å². The highest BCUT2D eigenvalue weighted by Gasteiger charge is 2.21. The summed E-state index contributed by atoms with van der Waals surface area (Å²) in [5.41, 5.74) is 4.49. The Hall–Kier alpha value is -3.54. The number of nitro groups is 1. The Morgan fingerprint density at radius 3 is 1.82 bits per heavy atom. The van der Waals surface area contributed by atoms with Crippen molar-refractivity contribution < 1.29 is 14.5 Å². The number of piperazine rings is 1. The summed E-state index contributed by atoms with van der Waals surface area (Å²) in [6.07, 6.45) is 1.33. The third-order valence-corrected chi connectivity index (χ3v) is 7.31. The van der Waals surface area contributed by atoms with Gasteiger partial charge in [-0.05, 0) is 33.6 Å². The van der Waals surface area contributed by atoms with E-state index in [0.29, 0.717) is 19.0 Å². The number of thiazole rings is 1. The third kappa shape index (κ3) is 10.3. The van der Waals surface area contributed by atoms with Crippen LogP contribution in [0.2, 0.25) is 0 Å². The zero-order chi connectivity index (χ0) is 28.2. The second kappa shape index (κ2) is 15.2. The number of carbonyl (C=O) groups is 2. The molecule has 39 heavy (non-hydrogen) atoms. The van der Waals surface area contributed by atoms with Crippen LogP contribution in [0.5, 0.6) is 0 Å². The van der Waals surface area contributed by atoms with E-state index < -0.39 is 4.92 Å². The van der Waals surface area contributed by atoms with Crippen LogP contribution >= 0.6 is 22.9 Å². The summed E-state index contributed by atoms with van der Waals surface area (Å²) in [6.45, 7) is 8.42. The number of carbonyl (C=O) groups excluding carboxylic acids is 2. The number of nitrogens with zero attached hydrogens (tertiary/aromatic N) is 4. The molecule has 208 valence electrons. The van der Waals surface area contributed by atoms with Crippen LogP contribution in [-0.4, -0.2) is 52.8 Å².